The highest BCUT2D eigenvalue weighted by Crippen LogP contribution is 2.38. The van der Waals surface area contributed by atoms with Crippen molar-refractivity contribution < 1.29 is 24.2 Å². The van der Waals surface area contributed by atoms with E-state index in [1.54, 1.807) is 38.1 Å². The monoisotopic (exact) mass is 405 g/mol. The molecule has 150 valence electrons. The number of esters is 1. The summed E-state index contributed by atoms with van der Waals surface area (Å²) in [4.78, 5) is 28.5. The van der Waals surface area contributed by atoms with Crippen LogP contribution in [-0.4, -0.2) is 34.7 Å². The average Bonchev–Trinajstić information content (AvgIpc) is 2.60. The number of pyridine rings is 1. The maximum absolute atomic E-state index is 12.6. The zero-order valence-electron chi connectivity index (χ0n) is 16.8. The van der Waals surface area contributed by atoms with Crippen molar-refractivity contribution in [3.63, 3.8) is 0 Å². The molecule has 1 aromatic heterocycles. The number of carbonyl (C=O) groups is 2. The van der Waals surface area contributed by atoms with Crippen LogP contribution in [0.2, 0.25) is 5.02 Å². The summed E-state index contributed by atoms with van der Waals surface area (Å²) in [6.45, 7) is 8.79. The molecule has 1 atom stereocenters. The van der Waals surface area contributed by atoms with E-state index in [9.17, 15) is 14.7 Å². The van der Waals surface area contributed by atoms with Crippen molar-refractivity contribution in [1.82, 2.24) is 4.98 Å². The zero-order valence-corrected chi connectivity index (χ0v) is 17.5. The van der Waals surface area contributed by atoms with Crippen molar-refractivity contribution in [3.05, 3.63) is 51.8 Å². The minimum absolute atomic E-state index is 0.0782. The van der Waals surface area contributed by atoms with E-state index >= 15 is 0 Å². The largest absolute Gasteiger partial charge is 0.477 e. The van der Waals surface area contributed by atoms with Crippen molar-refractivity contribution in [2.75, 3.05) is 7.11 Å². The van der Waals surface area contributed by atoms with Crippen LogP contribution in [0.25, 0.3) is 11.1 Å². The van der Waals surface area contributed by atoms with E-state index in [1.807, 2.05) is 20.8 Å². The number of methoxy groups -OCH3 is 1. The Labute approximate surface area is 169 Å². The minimum atomic E-state index is -1.14. The molecule has 2 rings (SSSR count). The number of hydrogen-bond acceptors (Lipinski definition) is 5. The van der Waals surface area contributed by atoms with Gasteiger partial charge in [-0.25, -0.2) is 14.6 Å². The first-order valence-corrected chi connectivity index (χ1v) is 9.10. The second kappa shape index (κ2) is 8.29. The van der Waals surface area contributed by atoms with Gasteiger partial charge in [-0.15, -0.1) is 0 Å². The third-order valence-electron chi connectivity index (χ3n) is 4.15. The van der Waals surface area contributed by atoms with E-state index in [0.717, 1.165) is 0 Å². The zero-order chi connectivity index (χ0) is 21.2. The van der Waals surface area contributed by atoms with Gasteiger partial charge in [0.2, 0.25) is 0 Å². The smallest absolute Gasteiger partial charge is 0.354 e. The van der Waals surface area contributed by atoms with Crippen LogP contribution in [-0.2, 0) is 14.3 Å². The molecular formula is C21H24ClNO5. The molecule has 7 heteroatoms. The number of nitrogens with zero attached hydrogens (tertiary/aromatic N) is 1. The second-order valence-electron chi connectivity index (χ2n) is 7.40. The number of halogens is 1. The number of aromatic carboxylic acids is 1. The van der Waals surface area contributed by atoms with Gasteiger partial charge < -0.3 is 14.6 Å². The fourth-order valence-electron chi connectivity index (χ4n) is 3.02. The van der Waals surface area contributed by atoms with Crippen molar-refractivity contribution >= 4 is 23.5 Å². The predicted molar refractivity (Wildman–Crippen MR) is 107 cm³/mol. The number of benzene rings is 1. The van der Waals surface area contributed by atoms with Gasteiger partial charge in [0.15, 0.2) is 11.8 Å². The van der Waals surface area contributed by atoms with E-state index in [1.165, 1.54) is 7.11 Å². The van der Waals surface area contributed by atoms with Crippen molar-refractivity contribution in [2.45, 2.75) is 46.3 Å². The highest BCUT2D eigenvalue weighted by molar-refractivity contribution is 6.30. The van der Waals surface area contributed by atoms with Crippen LogP contribution >= 0.6 is 11.6 Å². The Bertz CT molecular complexity index is 900. The van der Waals surface area contributed by atoms with Gasteiger partial charge in [0.05, 0.1) is 12.7 Å². The summed E-state index contributed by atoms with van der Waals surface area (Å²) in [6.07, 6.45) is -1.07. The minimum Gasteiger partial charge on any atom is -0.477 e. The van der Waals surface area contributed by atoms with Gasteiger partial charge in [0.25, 0.3) is 0 Å². The molecule has 6 nitrogen and oxygen atoms in total. The molecule has 0 aliphatic heterocycles. The Morgan fingerprint density at radius 2 is 1.71 bits per heavy atom. The van der Waals surface area contributed by atoms with Gasteiger partial charge in [-0.05, 0) is 63.4 Å². The third kappa shape index (κ3) is 4.69. The lowest BCUT2D eigenvalue weighted by Crippen LogP contribution is -2.29. The van der Waals surface area contributed by atoms with Gasteiger partial charge in [-0.1, -0.05) is 23.7 Å². The molecular weight excluding hydrogens is 382 g/mol. The van der Waals surface area contributed by atoms with Gasteiger partial charge in [-0.2, -0.15) is 0 Å². The summed E-state index contributed by atoms with van der Waals surface area (Å²) in [6, 6.07) is 6.94. The van der Waals surface area contributed by atoms with Gasteiger partial charge in [0.1, 0.15) is 0 Å². The van der Waals surface area contributed by atoms with Gasteiger partial charge >= 0.3 is 11.9 Å². The molecule has 0 bridgehead atoms. The summed E-state index contributed by atoms with van der Waals surface area (Å²) in [5.74, 6) is -1.73. The average molecular weight is 406 g/mol. The first-order chi connectivity index (χ1) is 13.0. The van der Waals surface area contributed by atoms with Crippen molar-refractivity contribution in [1.29, 1.82) is 0 Å². The summed E-state index contributed by atoms with van der Waals surface area (Å²) in [5.41, 5.74) is 1.84. The van der Waals surface area contributed by atoms with E-state index in [-0.39, 0.29) is 5.69 Å². The van der Waals surface area contributed by atoms with Crippen molar-refractivity contribution in [3.8, 4) is 11.1 Å². The molecule has 0 fully saturated rings. The molecule has 0 unspecified atom stereocenters. The molecule has 0 aliphatic rings. The summed E-state index contributed by atoms with van der Waals surface area (Å²) >= 11 is 6.01. The fraction of sp³-hybridized carbons (Fsp3) is 0.381. The number of carboxylic acids is 1. The first kappa shape index (κ1) is 21.9. The molecule has 1 heterocycles. The highest BCUT2D eigenvalue weighted by Gasteiger charge is 2.34. The van der Waals surface area contributed by atoms with Gasteiger partial charge in [-0.3, -0.25) is 0 Å². The van der Waals surface area contributed by atoms with E-state index in [4.69, 9.17) is 21.1 Å². The number of carboxylic acid groups (broad SMARTS) is 1. The number of ether oxygens (including phenoxy) is 2. The fourth-order valence-corrected chi connectivity index (χ4v) is 3.14. The molecule has 28 heavy (non-hydrogen) atoms. The van der Waals surface area contributed by atoms with Crippen LogP contribution < -0.4 is 0 Å². The normalized spacial score (nSPS) is 12.5. The lowest BCUT2D eigenvalue weighted by molar-refractivity contribution is -0.164. The van der Waals surface area contributed by atoms with Crippen LogP contribution in [0.1, 0.15) is 54.2 Å². The second-order valence-corrected chi connectivity index (χ2v) is 7.84. The Morgan fingerprint density at radius 1 is 1.14 bits per heavy atom. The highest BCUT2D eigenvalue weighted by atomic mass is 35.5. The Balaban J connectivity index is 2.87. The molecule has 2 aromatic rings. The van der Waals surface area contributed by atoms with Crippen LogP contribution in [0, 0.1) is 13.8 Å². The topological polar surface area (TPSA) is 85.7 Å². The molecule has 0 aliphatic carbocycles. The molecule has 0 saturated heterocycles. The standard InChI is InChI=1S/C21H24ClNO5/c1-11-15(13-7-9-14(22)10-8-13)16(12(2)23-17(11)19(24)25)18(20(26)27-6)28-21(3,4)5/h7-10,18H,1-6H3,(H,24,25)/t18-/m0/s1. The number of aryl methyl sites for hydroxylation is 1. The molecule has 0 radical (unpaired) electrons. The van der Waals surface area contributed by atoms with E-state index in [0.29, 0.717) is 33.0 Å². The molecule has 1 aromatic carbocycles. The molecule has 0 spiro atoms. The molecule has 0 amide bonds. The maximum atomic E-state index is 12.6. The number of aromatic nitrogens is 1. The number of rotatable bonds is 5. The summed E-state index contributed by atoms with van der Waals surface area (Å²) in [7, 11) is 1.28. The number of carbonyl (C=O) groups excluding carboxylic acids is 1. The summed E-state index contributed by atoms with van der Waals surface area (Å²) < 4.78 is 11.0. The maximum Gasteiger partial charge on any atom is 0.354 e. The first-order valence-electron chi connectivity index (χ1n) is 8.72. The van der Waals surface area contributed by atoms with E-state index in [2.05, 4.69) is 4.98 Å². The van der Waals surface area contributed by atoms with Gasteiger partial charge in [0, 0.05) is 16.3 Å². The van der Waals surface area contributed by atoms with Crippen molar-refractivity contribution in [2.24, 2.45) is 0 Å². The summed E-state index contributed by atoms with van der Waals surface area (Å²) in [5, 5.41) is 10.1. The van der Waals surface area contributed by atoms with Crippen LogP contribution in [0.4, 0.5) is 0 Å². The molecule has 1 N–H and O–H groups in total. The SMILES string of the molecule is COC(=O)[C@@H](OC(C)(C)C)c1c(C)nc(C(=O)O)c(C)c1-c1ccc(Cl)cc1. The van der Waals surface area contributed by atoms with Crippen LogP contribution in [0.3, 0.4) is 0 Å². The predicted octanol–water partition coefficient (Wildman–Crippen LogP) is 4.75. The van der Waals surface area contributed by atoms with E-state index < -0.39 is 23.6 Å². The Morgan fingerprint density at radius 3 is 2.18 bits per heavy atom. The Kier molecular flexibility index (Phi) is 6.47. The number of hydrogen-bond donors (Lipinski definition) is 1. The van der Waals surface area contributed by atoms with Crippen LogP contribution in [0.15, 0.2) is 24.3 Å². The van der Waals surface area contributed by atoms with Crippen LogP contribution in [0.5, 0.6) is 0 Å². The molecule has 0 saturated carbocycles. The lowest BCUT2D eigenvalue weighted by atomic mass is 9.90. The Hall–Kier alpha value is -2.44. The quantitative estimate of drug-likeness (QED) is 0.722. The third-order valence-corrected chi connectivity index (χ3v) is 4.41. The lowest BCUT2D eigenvalue weighted by Gasteiger charge is -2.29.